The summed E-state index contributed by atoms with van der Waals surface area (Å²) in [5.41, 5.74) is 0. The fourth-order valence-corrected chi connectivity index (χ4v) is 2.18. The molecule has 0 bridgehead atoms. The molecule has 2 N–H and O–H groups in total. The van der Waals surface area contributed by atoms with Gasteiger partial charge < -0.3 is 19.9 Å². The van der Waals surface area contributed by atoms with E-state index in [-0.39, 0.29) is 12.0 Å². The second kappa shape index (κ2) is 8.58. The fraction of sp³-hybridized carbons (Fsp3) is 0.714. The Kier molecular flexibility index (Phi) is 7.08. The van der Waals surface area contributed by atoms with Crippen LogP contribution in [0.4, 0.5) is 4.79 Å². The molecule has 0 saturated carbocycles. The van der Waals surface area contributed by atoms with Crippen LogP contribution < -0.4 is 5.32 Å². The highest BCUT2D eigenvalue weighted by atomic mass is 16.5. The summed E-state index contributed by atoms with van der Waals surface area (Å²) >= 11 is 0. The van der Waals surface area contributed by atoms with Crippen molar-refractivity contribution in [1.29, 1.82) is 0 Å². The number of hydrogen-bond donors (Lipinski definition) is 2. The summed E-state index contributed by atoms with van der Waals surface area (Å²) in [7, 11) is 1.32. The van der Waals surface area contributed by atoms with E-state index in [9.17, 15) is 14.7 Å². The molecule has 0 spiro atoms. The predicted molar refractivity (Wildman–Crippen MR) is 73.1 cm³/mol. The number of carbonyl (C=O) groups is 2. The van der Waals surface area contributed by atoms with Crippen molar-refractivity contribution in [1.82, 2.24) is 5.32 Å². The number of rotatable bonds is 4. The highest BCUT2D eigenvalue weighted by Crippen LogP contribution is 2.21. The summed E-state index contributed by atoms with van der Waals surface area (Å²) in [5, 5.41) is 12.3. The third-order valence-electron chi connectivity index (χ3n) is 3.25. The molecule has 0 heterocycles. The Morgan fingerprint density at radius 3 is 2.80 bits per heavy atom. The van der Waals surface area contributed by atoms with E-state index in [1.165, 1.54) is 7.11 Å². The van der Waals surface area contributed by atoms with E-state index in [1.807, 2.05) is 6.92 Å². The van der Waals surface area contributed by atoms with Crippen molar-refractivity contribution in [3.05, 3.63) is 12.2 Å². The van der Waals surface area contributed by atoms with Gasteiger partial charge in [0.05, 0.1) is 25.7 Å². The van der Waals surface area contributed by atoms with E-state index in [0.29, 0.717) is 25.9 Å². The number of aliphatic hydroxyl groups excluding tert-OH is 1. The molecule has 1 aliphatic rings. The van der Waals surface area contributed by atoms with E-state index >= 15 is 0 Å². The molecule has 0 saturated heterocycles. The molecular formula is C14H23NO5. The topological polar surface area (TPSA) is 84.9 Å². The average molecular weight is 285 g/mol. The van der Waals surface area contributed by atoms with Crippen molar-refractivity contribution < 1.29 is 24.2 Å². The fourth-order valence-electron chi connectivity index (χ4n) is 2.18. The number of amides is 1. The first kappa shape index (κ1) is 16.5. The van der Waals surface area contributed by atoms with Crippen molar-refractivity contribution in [2.75, 3.05) is 13.7 Å². The van der Waals surface area contributed by atoms with Gasteiger partial charge in [-0.1, -0.05) is 19.1 Å². The third-order valence-corrected chi connectivity index (χ3v) is 3.25. The molecular weight excluding hydrogens is 262 g/mol. The summed E-state index contributed by atoms with van der Waals surface area (Å²) < 4.78 is 9.75. The van der Waals surface area contributed by atoms with Gasteiger partial charge in [0, 0.05) is 6.04 Å². The Bertz CT molecular complexity index is 355. The van der Waals surface area contributed by atoms with Crippen LogP contribution >= 0.6 is 0 Å². The van der Waals surface area contributed by atoms with Gasteiger partial charge in [0.2, 0.25) is 0 Å². The van der Waals surface area contributed by atoms with E-state index in [4.69, 9.17) is 9.47 Å². The van der Waals surface area contributed by atoms with Crippen molar-refractivity contribution in [3.8, 4) is 0 Å². The number of aliphatic hydroxyl groups is 1. The van der Waals surface area contributed by atoms with Gasteiger partial charge in [-0.2, -0.15) is 0 Å². The average Bonchev–Trinajstić information content (AvgIpc) is 2.42. The summed E-state index contributed by atoms with van der Waals surface area (Å²) in [4.78, 5) is 23.5. The van der Waals surface area contributed by atoms with Crippen LogP contribution in [0.1, 0.15) is 32.6 Å². The van der Waals surface area contributed by atoms with E-state index in [1.54, 1.807) is 12.2 Å². The Morgan fingerprint density at radius 2 is 2.15 bits per heavy atom. The third kappa shape index (κ3) is 5.21. The van der Waals surface area contributed by atoms with Crippen LogP contribution in [-0.4, -0.2) is 43.0 Å². The van der Waals surface area contributed by atoms with Crippen molar-refractivity contribution >= 4 is 12.1 Å². The molecule has 6 heteroatoms. The van der Waals surface area contributed by atoms with Gasteiger partial charge in [-0.15, -0.1) is 0 Å². The molecule has 0 fully saturated rings. The molecule has 6 nitrogen and oxygen atoms in total. The van der Waals surface area contributed by atoms with Crippen molar-refractivity contribution in [2.24, 2.45) is 5.92 Å². The second-order valence-electron chi connectivity index (χ2n) is 4.82. The lowest BCUT2D eigenvalue weighted by Crippen LogP contribution is -2.44. The minimum atomic E-state index is -0.560. The van der Waals surface area contributed by atoms with Crippen molar-refractivity contribution in [3.63, 3.8) is 0 Å². The lowest BCUT2D eigenvalue weighted by atomic mass is 9.88. The quantitative estimate of drug-likeness (QED) is 0.602. The van der Waals surface area contributed by atoms with Crippen LogP contribution in [-0.2, 0) is 14.3 Å². The Hall–Kier alpha value is -1.56. The molecule has 114 valence electrons. The molecule has 1 aliphatic carbocycles. The lowest BCUT2D eigenvalue weighted by Gasteiger charge is -2.27. The Balaban J connectivity index is 2.71. The number of esters is 1. The van der Waals surface area contributed by atoms with Gasteiger partial charge in [-0.3, -0.25) is 4.79 Å². The number of ether oxygens (including phenoxy) is 2. The summed E-state index contributed by atoms with van der Waals surface area (Å²) in [5.74, 6) is -0.859. The standard InChI is InChI=1S/C14H23NO5/c1-3-9-20-14(18)15-12-6-4-5-10(16)7-8-11(12)13(17)19-2/h4-5,10-12,16H,3,6-9H2,1-2H3,(H,15,18)/b5-4-/t10-,11-,12-/m0/s1. The van der Waals surface area contributed by atoms with Crippen LogP contribution in [0.2, 0.25) is 0 Å². The van der Waals surface area contributed by atoms with Gasteiger partial charge >= 0.3 is 12.1 Å². The molecule has 0 aromatic carbocycles. The summed E-state index contributed by atoms with van der Waals surface area (Å²) in [6, 6.07) is -0.379. The first-order valence-electron chi connectivity index (χ1n) is 6.94. The van der Waals surface area contributed by atoms with Crippen LogP contribution in [0.15, 0.2) is 12.2 Å². The maximum absolute atomic E-state index is 11.8. The number of methoxy groups -OCH3 is 1. The first-order chi connectivity index (χ1) is 9.58. The number of alkyl carbamates (subject to hydrolysis) is 1. The Labute approximate surface area is 119 Å². The number of hydrogen-bond acceptors (Lipinski definition) is 5. The van der Waals surface area contributed by atoms with E-state index in [0.717, 1.165) is 6.42 Å². The smallest absolute Gasteiger partial charge is 0.407 e. The molecule has 0 radical (unpaired) electrons. The number of carbonyl (C=O) groups excluding carboxylic acids is 2. The maximum Gasteiger partial charge on any atom is 0.407 e. The van der Waals surface area contributed by atoms with Crippen LogP contribution in [0.5, 0.6) is 0 Å². The minimum Gasteiger partial charge on any atom is -0.469 e. The monoisotopic (exact) mass is 285 g/mol. The zero-order valence-electron chi connectivity index (χ0n) is 12.0. The minimum absolute atomic E-state index is 0.343. The molecule has 3 atom stereocenters. The Morgan fingerprint density at radius 1 is 1.40 bits per heavy atom. The number of nitrogens with one attached hydrogen (secondary N) is 1. The molecule has 0 aliphatic heterocycles. The second-order valence-corrected chi connectivity index (χ2v) is 4.82. The van der Waals surface area contributed by atoms with Crippen LogP contribution in [0.3, 0.4) is 0 Å². The van der Waals surface area contributed by atoms with E-state index < -0.39 is 18.1 Å². The molecule has 1 amide bonds. The van der Waals surface area contributed by atoms with Gasteiger partial charge in [-0.25, -0.2) is 4.79 Å². The van der Waals surface area contributed by atoms with Gasteiger partial charge in [0.25, 0.3) is 0 Å². The zero-order valence-corrected chi connectivity index (χ0v) is 12.0. The SMILES string of the molecule is CCCOC(=O)N[C@H]1C/C=C\[C@H](O)CC[C@@H]1C(=O)OC. The van der Waals surface area contributed by atoms with Gasteiger partial charge in [0.15, 0.2) is 0 Å². The molecule has 20 heavy (non-hydrogen) atoms. The van der Waals surface area contributed by atoms with Crippen LogP contribution in [0, 0.1) is 5.92 Å². The highest BCUT2D eigenvalue weighted by molar-refractivity contribution is 5.75. The molecule has 0 aromatic rings. The lowest BCUT2D eigenvalue weighted by molar-refractivity contribution is -0.146. The van der Waals surface area contributed by atoms with Gasteiger partial charge in [0.1, 0.15) is 0 Å². The zero-order chi connectivity index (χ0) is 15.0. The van der Waals surface area contributed by atoms with Crippen molar-refractivity contribution in [2.45, 2.75) is 44.8 Å². The molecule has 0 aromatic heterocycles. The summed E-state index contributed by atoms with van der Waals surface area (Å²) in [6.45, 7) is 2.25. The first-order valence-corrected chi connectivity index (χ1v) is 6.94. The normalized spacial score (nSPS) is 27.9. The largest absolute Gasteiger partial charge is 0.469 e. The molecule has 0 unspecified atom stereocenters. The highest BCUT2D eigenvalue weighted by Gasteiger charge is 2.31. The van der Waals surface area contributed by atoms with E-state index in [2.05, 4.69) is 5.32 Å². The maximum atomic E-state index is 11.8. The van der Waals surface area contributed by atoms with Crippen LogP contribution in [0.25, 0.3) is 0 Å². The molecule has 1 rings (SSSR count). The predicted octanol–water partition coefficient (Wildman–Crippen LogP) is 1.38. The van der Waals surface area contributed by atoms with Gasteiger partial charge in [-0.05, 0) is 25.7 Å². The summed E-state index contributed by atoms with van der Waals surface area (Å²) in [6.07, 6.45) is 4.47.